The van der Waals surface area contributed by atoms with Crippen LogP contribution >= 0.6 is 0 Å². The molecule has 11 nitrogen and oxygen atoms in total. The van der Waals surface area contributed by atoms with Crippen LogP contribution in [0.3, 0.4) is 0 Å². The molecule has 1 heterocycles. The first-order valence-corrected chi connectivity index (χ1v) is 17.2. The van der Waals surface area contributed by atoms with E-state index in [1.165, 1.54) is 11.1 Å². The third-order valence-electron chi connectivity index (χ3n) is 14.3. The molecular formula is C35H54O11. The number of hydrogen-bond donors (Lipinski definition) is 7. The van der Waals surface area contributed by atoms with Gasteiger partial charge in [-0.3, -0.25) is 9.59 Å². The number of aliphatic hydroxyl groups excluding tert-OH is 5. The molecule has 0 radical (unpaired) electrons. The number of aliphatic carboxylic acids is 2. The molecule has 0 unspecified atom stereocenters. The van der Waals surface area contributed by atoms with E-state index in [4.69, 9.17) is 9.47 Å². The molecule has 1 saturated heterocycles. The van der Waals surface area contributed by atoms with E-state index >= 15 is 0 Å². The number of allylic oxidation sites excluding steroid dienone is 2. The Hall–Kier alpha value is -1.60. The van der Waals surface area contributed by atoms with Crippen molar-refractivity contribution in [2.45, 2.75) is 142 Å². The van der Waals surface area contributed by atoms with Crippen molar-refractivity contribution in [1.82, 2.24) is 0 Å². The van der Waals surface area contributed by atoms with E-state index in [2.05, 4.69) is 27.7 Å². The first-order valence-electron chi connectivity index (χ1n) is 17.2. The summed E-state index contributed by atoms with van der Waals surface area (Å²) in [5, 5.41) is 74.1. The Kier molecular flexibility index (Phi) is 8.36. The minimum absolute atomic E-state index is 0.00152. The van der Waals surface area contributed by atoms with Gasteiger partial charge in [0.2, 0.25) is 0 Å². The lowest BCUT2D eigenvalue weighted by molar-refractivity contribution is -0.339. The van der Waals surface area contributed by atoms with Crippen LogP contribution in [0.15, 0.2) is 11.1 Å². The molecule has 5 aliphatic carbocycles. The number of carboxylic acids is 2. The largest absolute Gasteiger partial charge is 0.481 e. The molecule has 0 bridgehead atoms. The topological polar surface area (TPSA) is 194 Å². The Morgan fingerprint density at radius 1 is 0.826 bits per heavy atom. The molecule has 0 spiro atoms. The van der Waals surface area contributed by atoms with E-state index in [0.717, 1.165) is 38.5 Å². The van der Waals surface area contributed by atoms with Crippen LogP contribution < -0.4 is 0 Å². The van der Waals surface area contributed by atoms with Crippen LogP contribution in [0.4, 0.5) is 0 Å². The van der Waals surface area contributed by atoms with Crippen LogP contribution in [0.5, 0.6) is 0 Å². The summed E-state index contributed by atoms with van der Waals surface area (Å²) in [5.41, 5.74) is -0.392. The highest BCUT2D eigenvalue weighted by Gasteiger charge is 2.69. The number of hydrogen-bond acceptors (Lipinski definition) is 9. The summed E-state index contributed by atoms with van der Waals surface area (Å²) in [6.07, 6.45) is -3.40. The molecular weight excluding hydrogens is 596 g/mol. The van der Waals surface area contributed by atoms with Crippen LogP contribution in [0, 0.1) is 44.8 Å². The van der Waals surface area contributed by atoms with Crippen LogP contribution in [-0.2, 0) is 19.1 Å². The molecule has 46 heavy (non-hydrogen) atoms. The van der Waals surface area contributed by atoms with Crippen molar-refractivity contribution >= 4 is 11.9 Å². The maximum atomic E-state index is 13.3. The van der Waals surface area contributed by atoms with Crippen molar-refractivity contribution in [3.8, 4) is 0 Å². The molecule has 0 aromatic rings. The first-order chi connectivity index (χ1) is 21.4. The summed E-state index contributed by atoms with van der Waals surface area (Å²) < 4.78 is 11.7. The molecule has 6 rings (SSSR count). The molecule has 1 aliphatic heterocycles. The van der Waals surface area contributed by atoms with Crippen molar-refractivity contribution in [2.24, 2.45) is 44.8 Å². The average Bonchev–Trinajstić information content (AvgIpc) is 2.98. The van der Waals surface area contributed by atoms with Crippen LogP contribution in [0.2, 0.25) is 0 Å². The highest BCUT2D eigenvalue weighted by molar-refractivity contribution is 5.77. The zero-order chi connectivity index (χ0) is 33.8. The smallest absolute Gasteiger partial charge is 0.312 e. The van der Waals surface area contributed by atoms with Crippen LogP contribution in [-0.4, -0.2) is 97.2 Å². The highest BCUT2D eigenvalue weighted by Crippen LogP contribution is 2.72. The van der Waals surface area contributed by atoms with Gasteiger partial charge in [-0.25, -0.2) is 0 Å². The molecule has 3 saturated carbocycles. The van der Waals surface area contributed by atoms with E-state index in [-0.39, 0.29) is 29.1 Å². The fraction of sp³-hybridized carbons (Fsp3) is 0.886. The first kappa shape index (κ1) is 34.3. The standard InChI is InChI=1S/C35H54O11/c1-31(2)12-13-35(30(43)44)11-8-18-17(19(35)14-31)6-7-22-32(18,3)10-9-23-33(22,4)15-20(37)27(34(23,5)29(41)42)46-28-26(40)25(39)24(38)21(16-36)45-28/h19-28,36-40H,6-16H2,1-5H3,(H,41,42)(H,43,44)/t19-,20-,21+,22-,23+,24+,25-,26+,27-,28-,32-,33+,34-,35+/m0/s1. The predicted molar refractivity (Wildman–Crippen MR) is 164 cm³/mol. The Morgan fingerprint density at radius 3 is 2.15 bits per heavy atom. The van der Waals surface area contributed by atoms with Crippen molar-refractivity contribution in [3.05, 3.63) is 11.1 Å². The van der Waals surface area contributed by atoms with Gasteiger partial charge in [0.15, 0.2) is 6.29 Å². The summed E-state index contributed by atoms with van der Waals surface area (Å²) in [7, 11) is 0. The number of rotatable bonds is 5. The highest BCUT2D eigenvalue weighted by atomic mass is 16.7. The van der Waals surface area contributed by atoms with E-state index in [9.17, 15) is 45.3 Å². The lowest BCUT2D eigenvalue weighted by Crippen LogP contribution is -2.69. The SMILES string of the molecule is CC1(C)CC[C@]2(C(=O)O)CCC3=C(CC[C@@H]4[C@@]5(C)C[C@H](O)[C@H](O[C@@H]6O[C@H](CO)[C@@H](O)[C@H](O)[C@H]6O)[C@@](C)(C(=O)O)[C@@H]5CC[C@@]34C)[C@@H]2C1. The molecule has 0 aromatic carbocycles. The quantitative estimate of drug-likeness (QED) is 0.171. The molecule has 0 aromatic heterocycles. The van der Waals surface area contributed by atoms with Gasteiger partial charge in [-0.1, -0.05) is 38.8 Å². The Morgan fingerprint density at radius 2 is 1.52 bits per heavy atom. The minimum atomic E-state index is -1.72. The zero-order valence-corrected chi connectivity index (χ0v) is 27.8. The van der Waals surface area contributed by atoms with E-state index in [1.807, 2.05) is 0 Å². The fourth-order valence-electron chi connectivity index (χ4n) is 11.9. The maximum absolute atomic E-state index is 13.3. The second kappa shape index (κ2) is 11.2. The number of fused-ring (bicyclic) bond motifs is 6. The number of carboxylic acid groups (broad SMARTS) is 2. The number of ether oxygens (including phenoxy) is 2. The van der Waals surface area contributed by atoms with Crippen molar-refractivity contribution in [2.75, 3.05) is 6.61 Å². The molecule has 6 aliphatic rings. The second-order valence-electron chi connectivity index (χ2n) is 17.1. The molecule has 260 valence electrons. The van der Waals surface area contributed by atoms with Crippen molar-refractivity contribution in [1.29, 1.82) is 0 Å². The van der Waals surface area contributed by atoms with Gasteiger partial charge in [0.1, 0.15) is 30.5 Å². The van der Waals surface area contributed by atoms with Gasteiger partial charge in [0, 0.05) is 0 Å². The Labute approximate surface area is 271 Å². The van der Waals surface area contributed by atoms with Crippen LogP contribution in [0.25, 0.3) is 0 Å². The van der Waals surface area contributed by atoms with Gasteiger partial charge in [-0.2, -0.15) is 0 Å². The molecule has 14 atom stereocenters. The minimum Gasteiger partial charge on any atom is -0.481 e. The van der Waals surface area contributed by atoms with E-state index < -0.39 is 83.6 Å². The van der Waals surface area contributed by atoms with Crippen LogP contribution in [0.1, 0.15) is 98.8 Å². The third-order valence-corrected chi connectivity index (χ3v) is 14.3. The van der Waals surface area contributed by atoms with Gasteiger partial charge in [-0.05, 0) is 105 Å². The lowest BCUT2D eigenvalue weighted by Gasteiger charge is -2.67. The second-order valence-corrected chi connectivity index (χ2v) is 17.1. The van der Waals surface area contributed by atoms with Gasteiger partial charge in [-0.15, -0.1) is 0 Å². The lowest BCUT2D eigenvalue weighted by atomic mass is 9.38. The van der Waals surface area contributed by atoms with Gasteiger partial charge < -0.3 is 45.2 Å². The van der Waals surface area contributed by atoms with Crippen molar-refractivity contribution in [3.63, 3.8) is 0 Å². The third kappa shape index (κ3) is 4.70. The number of aliphatic hydroxyl groups is 5. The van der Waals surface area contributed by atoms with Gasteiger partial charge >= 0.3 is 11.9 Å². The van der Waals surface area contributed by atoms with E-state index in [1.54, 1.807) is 6.92 Å². The Balaban J connectivity index is 1.34. The summed E-state index contributed by atoms with van der Waals surface area (Å²) in [4.78, 5) is 26.1. The van der Waals surface area contributed by atoms with Crippen molar-refractivity contribution < 1.29 is 54.8 Å². The monoisotopic (exact) mass is 650 g/mol. The molecule has 4 fully saturated rings. The summed E-state index contributed by atoms with van der Waals surface area (Å²) >= 11 is 0. The van der Waals surface area contributed by atoms with Gasteiger partial charge in [0.25, 0.3) is 0 Å². The predicted octanol–water partition coefficient (Wildman–Crippen LogP) is 2.85. The fourth-order valence-corrected chi connectivity index (χ4v) is 11.9. The van der Waals surface area contributed by atoms with E-state index in [0.29, 0.717) is 19.3 Å². The molecule has 0 amide bonds. The average molecular weight is 651 g/mol. The summed E-state index contributed by atoms with van der Waals surface area (Å²) in [6, 6.07) is 0. The maximum Gasteiger partial charge on any atom is 0.312 e. The summed E-state index contributed by atoms with van der Waals surface area (Å²) in [6.45, 7) is 9.82. The zero-order valence-electron chi connectivity index (χ0n) is 27.8. The number of carbonyl (C=O) groups is 2. The molecule has 11 heteroatoms. The Bertz CT molecular complexity index is 1280. The summed E-state index contributed by atoms with van der Waals surface area (Å²) in [5.74, 6) is -2.15. The van der Waals surface area contributed by atoms with Gasteiger partial charge in [0.05, 0.1) is 23.5 Å². The normalized spacial score (nSPS) is 51.7. The molecule has 7 N–H and O–H groups in total.